The van der Waals surface area contributed by atoms with Gasteiger partial charge in [0.2, 0.25) is 5.92 Å². The molecule has 2 bridgehead atoms. The van der Waals surface area contributed by atoms with Crippen molar-refractivity contribution in [2.45, 2.75) is 94.4 Å². The summed E-state index contributed by atoms with van der Waals surface area (Å²) >= 11 is 0. The van der Waals surface area contributed by atoms with Crippen LogP contribution in [0.5, 0.6) is 0 Å². The summed E-state index contributed by atoms with van der Waals surface area (Å²) in [6.45, 7) is 4.47. The van der Waals surface area contributed by atoms with E-state index in [1.165, 1.54) is 12.8 Å². The number of carbonyl (C=O) groups is 1. The number of rotatable bonds is 5. The van der Waals surface area contributed by atoms with Crippen molar-refractivity contribution in [2.75, 3.05) is 0 Å². The maximum absolute atomic E-state index is 13.8. The van der Waals surface area contributed by atoms with Crippen LogP contribution >= 0.6 is 0 Å². The van der Waals surface area contributed by atoms with E-state index >= 15 is 0 Å². The summed E-state index contributed by atoms with van der Waals surface area (Å²) in [6.07, 6.45) is 3.47. The lowest BCUT2D eigenvalue weighted by molar-refractivity contribution is -0.167. The lowest BCUT2D eigenvalue weighted by Crippen LogP contribution is -2.46. The molecule has 2 unspecified atom stereocenters. The van der Waals surface area contributed by atoms with Gasteiger partial charge in [0.25, 0.3) is 0 Å². The van der Waals surface area contributed by atoms with E-state index in [-0.39, 0.29) is 18.4 Å². The van der Waals surface area contributed by atoms with Crippen molar-refractivity contribution in [3.8, 4) is 0 Å². The molecule has 2 N–H and O–H groups in total. The van der Waals surface area contributed by atoms with Crippen LogP contribution in [0.4, 0.5) is 8.78 Å². The van der Waals surface area contributed by atoms with Crippen LogP contribution in [-0.4, -0.2) is 45.1 Å². The zero-order valence-electron chi connectivity index (χ0n) is 17.2. The average molecular weight is 408 g/mol. The summed E-state index contributed by atoms with van der Waals surface area (Å²) in [4.78, 5) is 14.6. The Kier molecular flexibility index (Phi) is 5.23. The lowest BCUT2D eigenvalue weighted by Gasteiger charge is -2.42. The maximum Gasteiger partial charge on any atom is 0.340 e. The van der Waals surface area contributed by atoms with Crippen LogP contribution in [0.3, 0.4) is 0 Å². The number of hydrogen-bond donors (Lipinski definition) is 2. The van der Waals surface area contributed by atoms with Crippen molar-refractivity contribution in [3.63, 3.8) is 0 Å². The van der Waals surface area contributed by atoms with E-state index in [0.29, 0.717) is 24.0 Å². The van der Waals surface area contributed by atoms with Crippen molar-refractivity contribution in [2.24, 2.45) is 5.92 Å². The molecule has 160 valence electrons. The molecule has 1 saturated carbocycles. The van der Waals surface area contributed by atoms with E-state index in [1.54, 1.807) is 18.2 Å². The predicted molar refractivity (Wildman–Crippen MR) is 106 cm³/mol. The Hall–Kier alpha value is -1.53. The zero-order chi connectivity index (χ0) is 21.0. The molecule has 2 saturated heterocycles. The number of fused-ring (bicyclic) bond motifs is 2. The number of hydrogen-bond acceptors (Lipinski definition) is 3. The molecule has 0 spiro atoms. The first-order valence-electron chi connectivity index (χ1n) is 10.8. The fourth-order valence-corrected chi connectivity index (χ4v) is 6.20. The largest absolute Gasteiger partial charge is 0.479 e. The molecule has 6 heteroatoms. The van der Waals surface area contributed by atoms with Crippen LogP contribution < -0.4 is 0 Å². The zero-order valence-corrected chi connectivity index (χ0v) is 17.2. The van der Waals surface area contributed by atoms with Crippen LogP contribution in [0.15, 0.2) is 24.3 Å². The SMILES string of the molecule is CC(C)N1C2CCC1CC(c1cccc([C@@](O)(C(=O)O)[C@@H]3CCC(F)(F)C3)c1)C2. The molecular formula is C23H31F2NO3. The van der Waals surface area contributed by atoms with Gasteiger partial charge in [0, 0.05) is 36.9 Å². The first-order valence-corrected chi connectivity index (χ1v) is 10.8. The summed E-state index contributed by atoms with van der Waals surface area (Å²) in [5.41, 5.74) is -1.01. The molecule has 29 heavy (non-hydrogen) atoms. The smallest absolute Gasteiger partial charge is 0.340 e. The molecule has 3 aliphatic rings. The topological polar surface area (TPSA) is 60.8 Å². The normalized spacial score (nSPS) is 33.7. The van der Waals surface area contributed by atoms with E-state index in [4.69, 9.17) is 0 Å². The Morgan fingerprint density at radius 3 is 2.38 bits per heavy atom. The fraction of sp³-hybridized carbons (Fsp3) is 0.696. The van der Waals surface area contributed by atoms with Crippen LogP contribution in [0.25, 0.3) is 0 Å². The van der Waals surface area contributed by atoms with Crippen molar-refractivity contribution >= 4 is 5.97 Å². The van der Waals surface area contributed by atoms with Gasteiger partial charge in [0.05, 0.1) is 0 Å². The fourth-order valence-electron chi connectivity index (χ4n) is 6.20. The number of carboxylic acid groups (broad SMARTS) is 1. The first-order chi connectivity index (χ1) is 13.6. The van der Waals surface area contributed by atoms with Gasteiger partial charge in [-0.25, -0.2) is 13.6 Å². The highest BCUT2D eigenvalue weighted by Gasteiger charge is 2.54. The van der Waals surface area contributed by atoms with Gasteiger partial charge < -0.3 is 10.2 Å². The number of benzene rings is 1. The van der Waals surface area contributed by atoms with Crippen molar-refractivity contribution in [1.29, 1.82) is 0 Å². The van der Waals surface area contributed by atoms with Crippen molar-refractivity contribution in [1.82, 2.24) is 4.90 Å². The number of carboxylic acids is 1. The molecule has 1 aromatic rings. The van der Waals surface area contributed by atoms with Crippen molar-refractivity contribution in [3.05, 3.63) is 35.4 Å². The van der Waals surface area contributed by atoms with E-state index in [9.17, 15) is 23.8 Å². The Labute approximate surface area is 170 Å². The van der Waals surface area contributed by atoms with Gasteiger partial charge in [-0.3, -0.25) is 4.90 Å². The van der Waals surface area contributed by atoms with Gasteiger partial charge in [-0.05, 0) is 63.0 Å². The van der Waals surface area contributed by atoms with E-state index in [0.717, 1.165) is 18.4 Å². The lowest BCUT2D eigenvalue weighted by atomic mass is 9.77. The number of aliphatic carboxylic acids is 1. The molecule has 1 aromatic carbocycles. The van der Waals surface area contributed by atoms with Gasteiger partial charge in [-0.1, -0.05) is 24.3 Å². The number of halogens is 2. The number of aliphatic hydroxyl groups is 1. The molecule has 0 radical (unpaired) electrons. The van der Waals surface area contributed by atoms with E-state index < -0.39 is 29.8 Å². The Morgan fingerprint density at radius 1 is 1.21 bits per heavy atom. The summed E-state index contributed by atoms with van der Waals surface area (Å²) in [7, 11) is 0. The van der Waals surface area contributed by atoms with Crippen LogP contribution in [0.1, 0.15) is 75.8 Å². The summed E-state index contributed by atoms with van der Waals surface area (Å²) in [5.74, 6) is -5.02. The van der Waals surface area contributed by atoms with Crippen LogP contribution in [0, 0.1) is 5.92 Å². The van der Waals surface area contributed by atoms with Crippen molar-refractivity contribution < 1.29 is 23.8 Å². The molecule has 2 aliphatic heterocycles. The Balaban J connectivity index is 1.61. The third kappa shape index (κ3) is 3.59. The van der Waals surface area contributed by atoms with E-state index in [1.807, 2.05) is 6.07 Å². The standard InChI is InChI=1S/C23H31F2NO3/c1-14(2)26-19-6-7-20(26)12-16(11-19)15-4-3-5-17(10-15)23(29,21(27)28)18-8-9-22(24,25)13-18/h3-5,10,14,16,18-20,29H,6-9,11-13H2,1-2H3,(H,27,28)/t16?,18-,19?,20?,23+/m1/s1. The third-order valence-electron chi connectivity index (χ3n) is 7.50. The van der Waals surface area contributed by atoms with Gasteiger partial charge in [0.15, 0.2) is 5.60 Å². The second kappa shape index (κ2) is 7.31. The first kappa shape index (κ1) is 20.7. The second-order valence-electron chi connectivity index (χ2n) is 9.59. The van der Waals surface area contributed by atoms with Gasteiger partial charge in [-0.2, -0.15) is 0 Å². The van der Waals surface area contributed by atoms with Gasteiger partial charge in [0.1, 0.15) is 0 Å². The molecule has 1 aliphatic carbocycles. The summed E-state index contributed by atoms with van der Waals surface area (Å²) in [6, 6.07) is 8.68. The minimum absolute atomic E-state index is 0.0109. The average Bonchev–Trinajstić information content (AvgIpc) is 3.17. The number of piperidine rings is 1. The predicted octanol–water partition coefficient (Wildman–Crippen LogP) is 4.51. The van der Waals surface area contributed by atoms with Crippen LogP contribution in [-0.2, 0) is 10.4 Å². The maximum atomic E-state index is 13.8. The number of alkyl halides is 2. The molecule has 4 atom stereocenters. The Morgan fingerprint density at radius 2 is 1.86 bits per heavy atom. The second-order valence-corrected chi connectivity index (χ2v) is 9.59. The third-order valence-corrected chi connectivity index (χ3v) is 7.50. The van der Waals surface area contributed by atoms with Gasteiger partial charge in [-0.15, -0.1) is 0 Å². The summed E-state index contributed by atoms with van der Waals surface area (Å²) < 4.78 is 27.5. The minimum atomic E-state index is -2.91. The molecule has 3 fully saturated rings. The highest BCUT2D eigenvalue weighted by molar-refractivity contribution is 5.79. The highest BCUT2D eigenvalue weighted by atomic mass is 19.3. The molecular weight excluding hydrogens is 376 g/mol. The van der Waals surface area contributed by atoms with Crippen LogP contribution in [0.2, 0.25) is 0 Å². The number of nitrogens with zero attached hydrogens (tertiary/aromatic N) is 1. The quantitative estimate of drug-likeness (QED) is 0.754. The Bertz CT molecular complexity index is 769. The minimum Gasteiger partial charge on any atom is -0.479 e. The molecule has 0 aromatic heterocycles. The monoisotopic (exact) mass is 407 g/mol. The van der Waals surface area contributed by atoms with E-state index in [2.05, 4.69) is 18.7 Å². The van der Waals surface area contributed by atoms with Gasteiger partial charge >= 0.3 is 5.97 Å². The summed E-state index contributed by atoms with van der Waals surface area (Å²) in [5, 5.41) is 20.9. The molecule has 4 rings (SSSR count). The molecule has 2 heterocycles. The molecule has 4 nitrogen and oxygen atoms in total. The molecule has 0 amide bonds. The highest BCUT2D eigenvalue weighted by Crippen LogP contribution is 2.49.